The second-order valence-electron chi connectivity index (χ2n) is 7.85. The predicted molar refractivity (Wildman–Crippen MR) is 111 cm³/mol. The molecular weight excluding hydrogens is 408 g/mol. The quantitative estimate of drug-likeness (QED) is 0.734. The van der Waals surface area contributed by atoms with Crippen LogP contribution >= 0.6 is 11.6 Å². The molecule has 2 aromatic rings. The lowest BCUT2D eigenvalue weighted by Crippen LogP contribution is -2.55. The number of likely N-dealkylation sites (N-methyl/N-ethyl adjacent to an activating group) is 1. The topological polar surface area (TPSA) is 104 Å². The van der Waals surface area contributed by atoms with Crippen molar-refractivity contribution < 1.29 is 14.7 Å². The van der Waals surface area contributed by atoms with E-state index in [0.29, 0.717) is 30.2 Å². The third-order valence-corrected chi connectivity index (χ3v) is 6.32. The van der Waals surface area contributed by atoms with E-state index in [2.05, 4.69) is 15.6 Å². The van der Waals surface area contributed by atoms with Crippen molar-refractivity contribution in [1.82, 2.24) is 30.1 Å². The van der Waals surface area contributed by atoms with E-state index in [1.807, 2.05) is 17.0 Å². The Bertz CT molecular complexity index is 947. The molecule has 2 aliphatic rings. The van der Waals surface area contributed by atoms with Gasteiger partial charge >= 0.3 is 0 Å². The van der Waals surface area contributed by atoms with Crippen molar-refractivity contribution in [2.24, 2.45) is 0 Å². The van der Waals surface area contributed by atoms with Crippen LogP contribution in [0.1, 0.15) is 29.0 Å². The Labute approximate surface area is 179 Å². The lowest BCUT2D eigenvalue weighted by Gasteiger charge is -2.35. The fourth-order valence-corrected chi connectivity index (χ4v) is 4.50. The minimum Gasteiger partial charge on any atom is -0.389 e. The van der Waals surface area contributed by atoms with E-state index in [1.54, 1.807) is 35.7 Å². The highest BCUT2D eigenvalue weighted by Crippen LogP contribution is 2.29. The van der Waals surface area contributed by atoms with Gasteiger partial charge in [-0.2, -0.15) is 0 Å². The van der Waals surface area contributed by atoms with Gasteiger partial charge in [0.25, 0.3) is 5.91 Å². The van der Waals surface area contributed by atoms with Crippen molar-refractivity contribution in [3.63, 3.8) is 0 Å². The minimum absolute atomic E-state index is 0.0317. The van der Waals surface area contributed by atoms with Crippen LogP contribution in [0.5, 0.6) is 0 Å². The molecule has 3 atom stereocenters. The first-order chi connectivity index (χ1) is 14.4. The molecule has 2 N–H and O–H groups in total. The summed E-state index contributed by atoms with van der Waals surface area (Å²) in [5.41, 5.74) is 1.63. The molecule has 10 heteroatoms. The molecule has 2 fully saturated rings. The Morgan fingerprint density at radius 3 is 2.73 bits per heavy atom. The van der Waals surface area contributed by atoms with Crippen molar-refractivity contribution in [2.45, 2.75) is 38.0 Å². The van der Waals surface area contributed by atoms with Gasteiger partial charge in [-0.15, -0.1) is 5.10 Å². The number of nitrogens with zero attached hydrogens (tertiary/aromatic N) is 5. The summed E-state index contributed by atoms with van der Waals surface area (Å²) in [7, 11) is 1.68. The van der Waals surface area contributed by atoms with E-state index in [4.69, 9.17) is 11.6 Å². The van der Waals surface area contributed by atoms with Gasteiger partial charge in [0.2, 0.25) is 5.91 Å². The van der Waals surface area contributed by atoms with E-state index < -0.39 is 6.10 Å². The van der Waals surface area contributed by atoms with Crippen molar-refractivity contribution in [1.29, 1.82) is 0 Å². The first-order valence-electron chi connectivity index (χ1n) is 10.0. The number of amides is 2. The fourth-order valence-electron chi connectivity index (χ4n) is 4.37. The van der Waals surface area contributed by atoms with Crippen molar-refractivity contribution in [3.8, 4) is 5.69 Å². The van der Waals surface area contributed by atoms with Crippen LogP contribution in [0.4, 0.5) is 0 Å². The summed E-state index contributed by atoms with van der Waals surface area (Å²) in [6, 6.07) is 6.64. The van der Waals surface area contributed by atoms with Crippen LogP contribution in [-0.2, 0) is 4.79 Å². The Balaban J connectivity index is 1.49. The van der Waals surface area contributed by atoms with Crippen LogP contribution in [0.15, 0.2) is 24.3 Å². The van der Waals surface area contributed by atoms with Gasteiger partial charge in [-0.05, 0) is 44.0 Å². The molecule has 9 nitrogen and oxygen atoms in total. The van der Waals surface area contributed by atoms with Crippen LogP contribution in [-0.4, -0.2) is 86.6 Å². The second-order valence-corrected chi connectivity index (χ2v) is 8.29. The molecule has 0 radical (unpaired) electrons. The number of carbonyl (C=O) groups is 2. The number of piperazine rings is 1. The molecule has 1 aliphatic heterocycles. The average Bonchev–Trinajstić information content (AvgIpc) is 3.30. The summed E-state index contributed by atoms with van der Waals surface area (Å²) in [5.74, 6) is -0.315. The van der Waals surface area contributed by atoms with Crippen LogP contribution in [0.2, 0.25) is 5.02 Å². The molecule has 2 amide bonds. The van der Waals surface area contributed by atoms with Gasteiger partial charge in [-0.1, -0.05) is 16.8 Å². The predicted octanol–water partition coefficient (Wildman–Crippen LogP) is 0.625. The molecular formula is C20H25ClN6O3. The normalized spacial score (nSPS) is 24.7. The van der Waals surface area contributed by atoms with E-state index in [0.717, 1.165) is 12.1 Å². The molecule has 1 aromatic carbocycles. The smallest absolute Gasteiger partial charge is 0.276 e. The first kappa shape index (κ1) is 20.8. The Morgan fingerprint density at radius 2 is 2.03 bits per heavy atom. The Morgan fingerprint density at radius 1 is 1.30 bits per heavy atom. The van der Waals surface area contributed by atoms with Crippen LogP contribution in [0.25, 0.3) is 5.69 Å². The number of nitrogens with one attached hydrogen (secondary N) is 1. The maximum atomic E-state index is 13.1. The molecule has 4 rings (SSSR count). The highest BCUT2D eigenvalue weighted by Gasteiger charge is 2.43. The number of halogens is 1. The SMILES string of the molecule is Cc1c(C(=O)N(C)[C@@H]2CC[C@@H](N3CCNC(=O)C3)[C@@H]2O)nnn1-c1ccc(Cl)cc1. The number of rotatable bonds is 4. The molecule has 30 heavy (non-hydrogen) atoms. The average molecular weight is 433 g/mol. The summed E-state index contributed by atoms with van der Waals surface area (Å²) in [4.78, 5) is 28.4. The molecule has 160 valence electrons. The van der Waals surface area contributed by atoms with E-state index in [1.165, 1.54) is 0 Å². The summed E-state index contributed by atoms with van der Waals surface area (Å²) in [6.07, 6.45) is 0.667. The number of aromatic nitrogens is 3. The molecule has 0 bridgehead atoms. The lowest BCUT2D eigenvalue weighted by molar-refractivity contribution is -0.125. The Kier molecular flexibility index (Phi) is 5.77. The van der Waals surface area contributed by atoms with Gasteiger partial charge in [0.1, 0.15) is 0 Å². The van der Waals surface area contributed by atoms with Crippen LogP contribution < -0.4 is 5.32 Å². The lowest BCUT2D eigenvalue weighted by atomic mass is 10.1. The van der Waals surface area contributed by atoms with Crippen LogP contribution in [0.3, 0.4) is 0 Å². The summed E-state index contributed by atoms with van der Waals surface area (Å²) >= 11 is 5.94. The maximum absolute atomic E-state index is 13.1. The molecule has 2 heterocycles. The van der Waals surface area contributed by atoms with Gasteiger partial charge in [0.05, 0.1) is 30.1 Å². The third kappa shape index (κ3) is 3.80. The monoisotopic (exact) mass is 432 g/mol. The van der Waals surface area contributed by atoms with Gasteiger partial charge in [0, 0.05) is 31.2 Å². The van der Waals surface area contributed by atoms with Gasteiger partial charge in [-0.25, -0.2) is 4.68 Å². The molecule has 1 saturated heterocycles. The van der Waals surface area contributed by atoms with E-state index in [-0.39, 0.29) is 36.1 Å². The Hall–Kier alpha value is -2.49. The summed E-state index contributed by atoms with van der Waals surface area (Å²) in [6.45, 7) is 3.34. The zero-order valence-electron chi connectivity index (χ0n) is 17.0. The summed E-state index contributed by atoms with van der Waals surface area (Å²) in [5, 5.41) is 22.5. The zero-order chi connectivity index (χ0) is 21.4. The second kappa shape index (κ2) is 8.33. The zero-order valence-corrected chi connectivity index (χ0v) is 17.7. The first-order valence-corrected chi connectivity index (χ1v) is 10.4. The van der Waals surface area contributed by atoms with Gasteiger partial charge < -0.3 is 15.3 Å². The molecule has 1 aromatic heterocycles. The summed E-state index contributed by atoms with van der Waals surface area (Å²) < 4.78 is 1.59. The minimum atomic E-state index is -0.725. The largest absolute Gasteiger partial charge is 0.389 e. The maximum Gasteiger partial charge on any atom is 0.276 e. The number of aliphatic hydroxyl groups is 1. The number of aliphatic hydroxyl groups excluding tert-OH is 1. The number of benzene rings is 1. The molecule has 0 unspecified atom stereocenters. The van der Waals surface area contributed by atoms with Crippen molar-refractivity contribution >= 4 is 23.4 Å². The van der Waals surface area contributed by atoms with E-state index >= 15 is 0 Å². The van der Waals surface area contributed by atoms with Gasteiger partial charge in [0.15, 0.2) is 5.69 Å². The highest BCUT2D eigenvalue weighted by atomic mass is 35.5. The number of carbonyl (C=O) groups excluding carboxylic acids is 2. The number of hydrogen-bond donors (Lipinski definition) is 2. The number of hydrogen-bond acceptors (Lipinski definition) is 6. The van der Waals surface area contributed by atoms with Crippen molar-refractivity contribution in [2.75, 3.05) is 26.7 Å². The van der Waals surface area contributed by atoms with Crippen LogP contribution in [0, 0.1) is 6.92 Å². The highest BCUT2D eigenvalue weighted by molar-refractivity contribution is 6.30. The van der Waals surface area contributed by atoms with Crippen molar-refractivity contribution in [3.05, 3.63) is 40.7 Å². The molecule has 1 aliphatic carbocycles. The van der Waals surface area contributed by atoms with E-state index in [9.17, 15) is 14.7 Å². The third-order valence-electron chi connectivity index (χ3n) is 6.07. The standard InChI is InChI=1S/C20H25ClN6O3/c1-12-18(23-24-27(12)14-5-3-13(21)4-6-14)20(30)25(2)15-7-8-16(19(15)29)26-10-9-22-17(28)11-26/h3-6,15-16,19,29H,7-11H2,1-2H3,(H,22,28)/t15-,16-,19-/m1/s1. The van der Waals surface area contributed by atoms with Gasteiger partial charge in [-0.3, -0.25) is 14.5 Å². The fraction of sp³-hybridized carbons (Fsp3) is 0.500. The molecule has 0 spiro atoms. The molecule has 1 saturated carbocycles.